The Morgan fingerprint density at radius 3 is 2.19 bits per heavy atom. The Labute approximate surface area is 249 Å². The van der Waals surface area contributed by atoms with Crippen molar-refractivity contribution in [3.8, 4) is 5.75 Å². The number of phenolic OH excluding ortho intramolecular Hbond substituents is 1. The van der Waals surface area contributed by atoms with E-state index in [2.05, 4.69) is 17.6 Å². The first kappa shape index (κ1) is 34.1. The van der Waals surface area contributed by atoms with Gasteiger partial charge in [-0.15, -0.1) is 0 Å². The number of nitrogens with zero attached hydrogens (tertiary/aromatic N) is 1. The second kappa shape index (κ2) is 17.0. The molecule has 5 N–H and O–H groups in total. The second-order valence-electron chi connectivity index (χ2n) is 11.3. The van der Waals surface area contributed by atoms with E-state index in [1.807, 2.05) is 30.3 Å². The Morgan fingerprint density at radius 1 is 0.952 bits per heavy atom. The molecule has 0 saturated heterocycles. The Morgan fingerprint density at radius 2 is 1.60 bits per heavy atom. The quantitative estimate of drug-likeness (QED) is 0.211. The van der Waals surface area contributed by atoms with E-state index in [1.54, 1.807) is 32.9 Å². The molecule has 230 valence electrons. The van der Waals surface area contributed by atoms with E-state index in [-0.39, 0.29) is 31.7 Å². The first-order valence-corrected chi connectivity index (χ1v) is 14.6. The van der Waals surface area contributed by atoms with Crippen LogP contribution >= 0.6 is 0 Å². The van der Waals surface area contributed by atoms with Crippen LogP contribution in [0.25, 0.3) is 0 Å². The molecule has 0 aromatic heterocycles. The van der Waals surface area contributed by atoms with Gasteiger partial charge in [-0.1, -0.05) is 75.1 Å². The van der Waals surface area contributed by atoms with Gasteiger partial charge in [0.2, 0.25) is 17.7 Å². The number of nitrogens with two attached hydrogens (primary N) is 1. The largest absolute Gasteiger partial charge is 0.508 e. The molecule has 10 heteroatoms. The van der Waals surface area contributed by atoms with E-state index < -0.39 is 41.5 Å². The Kier molecular flexibility index (Phi) is 13.8. The summed E-state index contributed by atoms with van der Waals surface area (Å²) < 4.78 is 5.38. The predicted molar refractivity (Wildman–Crippen MR) is 161 cm³/mol. The highest BCUT2D eigenvalue weighted by Crippen LogP contribution is 2.26. The van der Waals surface area contributed by atoms with Gasteiger partial charge < -0.3 is 31.1 Å². The van der Waals surface area contributed by atoms with E-state index in [0.717, 1.165) is 31.2 Å². The minimum atomic E-state index is -1.16. The summed E-state index contributed by atoms with van der Waals surface area (Å²) in [7, 11) is 0. The number of nitrogens with one attached hydrogen (secondary N) is 2. The van der Waals surface area contributed by atoms with Crippen LogP contribution in [0.15, 0.2) is 54.6 Å². The smallest absolute Gasteiger partial charge is 0.408 e. The Hall–Kier alpha value is -4.08. The number of hydrogen-bond donors (Lipinski definition) is 4. The molecule has 2 aromatic carbocycles. The number of benzene rings is 2. The van der Waals surface area contributed by atoms with Gasteiger partial charge in [-0.3, -0.25) is 14.4 Å². The highest BCUT2D eigenvalue weighted by atomic mass is 16.6. The first-order chi connectivity index (χ1) is 19.9. The minimum absolute atomic E-state index is 0.0190. The molecule has 0 aliphatic carbocycles. The molecule has 0 saturated carbocycles. The summed E-state index contributed by atoms with van der Waals surface area (Å²) in [5.41, 5.74) is 5.96. The third kappa shape index (κ3) is 12.2. The summed E-state index contributed by atoms with van der Waals surface area (Å²) in [6.45, 7) is 7.69. The molecule has 2 unspecified atom stereocenters. The van der Waals surface area contributed by atoms with Crippen LogP contribution in [0, 0.1) is 0 Å². The van der Waals surface area contributed by atoms with E-state index >= 15 is 0 Å². The third-order valence-electron chi connectivity index (χ3n) is 6.53. The van der Waals surface area contributed by atoms with Crippen molar-refractivity contribution in [2.24, 2.45) is 5.73 Å². The fourth-order valence-electron chi connectivity index (χ4n) is 4.46. The van der Waals surface area contributed by atoms with Crippen LogP contribution in [0.1, 0.15) is 89.8 Å². The van der Waals surface area contributed by atoms with Crippen LogP contribution in [0.4, 0.5) is 4.79 Å². The van der Waals surface area contributed by atoms with Crippen molar-refractivity contribution in [3.63, 3.8) is 0 Å². The standard InChI is InChI=1S/C32H46N4O6/c1-5-6-7-8-12-21-36(30(40)26(19-20-27(33)38)35-31(41)42-32(2,3)4)28(24-15-17-25(37)18-16-24)29(39)34-22-23-13-10-9-11-14-23/h9-11,13-18,26,28,37H,5-8,12,19-22H2,1-4H3,(H2,33,38)(H,34,39)(H,35,41). The topological polar surface area (TPSA) is 151 Å². The maximum absolute atomic E-state index is 14.2. The molecule has 10 nitrogen and oxygen atoms in total. The number of carbonyl (C=O) groups excluding carboxylic acids is 4. The molecule has 4 amide bonds. The zero-order valence-electron chi connectivity index (χ0n) is 25.2. The molecular formula is C32H46N4O6. The van der Waals surface area contributed by atoms with Crippen LogP contribution in [-0.4, -0.2) is 52.0 Å². The summed E-state index contributed by atoms with van der Waals surface area (Å²) in [5.74, 6) is -1.56. The highest BCUT2D eigenvalue weighted by molar-refractivity contribution is 5.92. The number of unbranched alkanes of at least 4 members (excludes halogenated alkanes) is 4. The van der Waals surface area contributed by atoms with Crippen molar-refractivity contribution in [1.82, 2.24) is 15.5 Å². The highest BCUT2D eigenvalue weighted by Gasteiger charge is 2.36. The average Bonchev–Trinajstić information content (AvgIpc) is 2.93. The van der Waals surface area contributed by atoms with Gasteiger partial charge in [-0.2, -0.15) is 0 Å². The number of phenols is 1. The van der Waals surface area contributed by atoms with Gasteiger partial charge >= 0.3 is 6.09 Å². The van der Waals surface area contributed by atoms with Gasteiger partial charge in [0.05, 0.1) is 0 Å². The number of hydrogen-bond acceptors (Lipinski definition) is 6. The van der Waals surface area contributed by atoms with Gasteiger partial charge in [-0.05, 0) is 56.9 Å². The lowest BCUT2D eigenvalue weighted by Crippen LogP contribution is -2.53. The maximum atomic E-state index is 14.2. The summed E-state index contributed by atoms with van der Waals surface area (Å²) >= 11 is 0. The Balaban J connectivity index is 2.47. The average molecular weight is 583 g/mol. The number of amides is 4. The van der Waals surface area contributed by atoms with Crippen molar-refractivity contribution < 1.29 is 29.0 Å². The number of carbonyl (C=O) groups is 4. The van der Waals surface area contributed by atoms with Gasteiger partial charge in [0.15, 0.2) is 0 Å². The van der Waals surface area contributed by atoms with Crippen molar-refractivity contribution in [1.29, 1.82) is 0 Å². The molecular weight excluding hydrogens is 536 g/mol. The number of aromatic hydroxyl groups is 1. The molecule has 0 aliphatic rings. The molecule has 2 rings (SSSR count). The molecule has 2 aromatic rings. The number of alkyl carbamates (subject to hydrolysis) is 1. The van der Waals surface area contributed by atoms with Crippen molar-refractivity contribution in [3.05, 3.63) is 65.7 Å². The van der Waals surface area contributed by atoms with Crippen LogP contribution in [0.3, 0.4) is 0 Å². The van der Waals surface area contributed by atoms with Gasteiger partial charge in [-0.25, -0.2) is 4.79 Å². The van der Waals surface area contributed by atoms with E-state index in [9.17, 15) is 24.3 Å². The van der Waals surface area contributed by atoms with Gasteiger partial charge in [0.25, 0.3) is 0 Å². The van der Waals surface area contributed by atoms with Crippen LogP contribution in [0.5, 0.6) is 5.75 Å². The Bertz CT molecular complexity index is 1150. The molecule has 42 heavy (non-hydrogen) atoms. The van der Waals surface area contributed by atoms with E-state index in [1.165, 1.54) is 17.0 Å². The summed E-state index contributed by atoms with van der Waals surface area (Å²) in [4.78, 5) is 53.9. The van der Waals surface area contributed by atoms with Crippen LogP contribution < -0.4 is 16.4 Å². The normalized spacial score (nSPS) is 12.6. The van der Waals surface area contributed by atoms with Gasteiger partial charge in [0, 0.05) is 19.5 Å². The molecule has 0 spiro atoms. The number of ether oxygens (including phenoxy) is 1. The number of rotatable bonds is 16. The van der Waals surface area contributed by atoms with E-state index in [4.69, 9.17) is 10.5 Å². The van der Waals surface area contributed by atoms with Crippen molar-refractivity contribution >= 4 is 23.8 Å². The fraction of sp³-hybridized carbons (Fsp3) is 0.500. The maximum Gasteiger partial charge on any atom is 0.408 e. The first-order valence-electron chi connectivity index (χ1n) is 14.6. The number of primary amides is 1. The lowest BCUT2D eigenvalue weighted by atomic mass is 10.0. The minimum Gasteiger partial charge on any atom is -0.508 e. The molecule has 0 fully saturated rings. The lowest BCUT2D eigenvalue weighted by Gasteiger charge is -2.34. The summed E-state index contributed by atoms with van der Waals surface area (Å²) in [6.07, 6.45) is 3.52. The monoisotopic (exact) mass is 582 g/mol. The second-order valence-corrected chi connectivity index (χ2v) is 11.3. The van der Waals surface area contributed by atoms with Crippen LogP contribution in [0.2, 0.25) is 0 Å². The molecule has 0 bridgehead atoms. The van der Waals surface area contributed by atoms with E-state index in [0.29, 0.717) is 12.0 Å². The van der Waals surface area contributed by atoms with Crippen LogP contribution in [-0.2, 0) is 25.7 Å². The molecule has 0 aliphatic heterocycles. The molecule has 2 atom stereocenters. The lowest BCUT2D eigenvalue weighted by molar-refractivity contribution is -0.143. The fourth-order valence-corrected chi connectivity index (χ4v) is 4.46. The SMILES string of the molecule is CCCCCCCN(C(=O)C(CCC(N)=O)NC(=O)OC(C)(C)C)C(C(=O)NCc1ccccc1)c1ccc(O)cc1. The van der Waals surface area contributed by atoms with Crippen molar-refractivity contribution in [2.75, 3.05) is 6.54 Å². The summed E-state index contributed by atoms with van der Waals surface area (Å²) in [5, 5.41) is 15.5. The van der Waals surface area contributed by atoms with Crippen molar-refractivity contribution in [2.45, 2.75) is 96.9 Å². The molecule has 0 radical (unpaired) electrons. The van der Waals surface area contributed by atoms with Gasteiger partial charge in [0.1, 0.15) is 23.4 Å². The predicted octanol–water partition coefficient (Wildman–Crippen LogP) is 4.71. The zero-order chi connectivity index (χ0) is 31.1. The zero-order valence-corrected chi connectivity index (χ0v) is 25.2. The third-order valence-corrected chi connectivity index (χ3v) is 6.53. The summed E-state index contributed by atoms with van der Waals surface area (Å²) in [6, 6.07) is 13.3. The molecule has 0 heterocycles.